The van der Waals surface area contributed by atoms with E-state index < -0.39 is 23.4 Å². The number of amidine groups is 4. The van der Waals surface area contributed by atoms with Crippen LogP contribution in [-0.4, -0.2) is 176 Å². The number of nitrogens with zero attached hydrogens (tertiary/aromatic N) is 20. The van der Waals surface area contributed by atoms with Gasteiger partial charge in [0.05, 0.1) is 79.6 Å². The summed E-state index contributed by atoms with van der Waals surface area (Å²) in [6.07, 6.45) is 10.6. The van der Waals surface area contributed by atoms with E-state index in [1.165, 1.54) is 79.6 Å². The van der Waals surface area contributed by atoms with Crippen molar-refractivity contribution in [3.63, 3.8) is 0 Å². The second kappa shape index (κ2) is 44.4. The van der Waals surface area contributed by atoms with Gasteiger partial charge in [0.1, 0.15) is 22.3 Å². The Bertz CT molecular complexity index is 7610. The number of carbonyl (C=O) groups excluding carboxylic acids is 4. The zero-order valence-corrected chi connectivity index (χ0v) is 82.5. The van der Waals surface area contributed by atoms with E-state index in [2.05, 4.69) is 120 Å². The van der Waals surface area contributed by atoms with Crippen molar-refractivity contribution in [1.29, 1.82) is 5.41 Å². The summed E-state index contributed by atoms with van der Waals surface area (Å²) in [6, 6.07) is 49.8. The Morgan fingerprint density at radius 3 is 2.24 bits per heavy atom. The molecule has 14 aromatic rings. The molecule has 8 aromatic heterocycles. The molecule has 0 bridgehead atoms. The third-order valence-corrected chi connectivity index (χ3v) is 30.9. The van der Waals surface area contributed by atoms with E-state index in [9.17, 15) is 38.0 Å². The predicted molar refractivity (Wildman–Crippen MR) is 556 cm³/mol. The maximum absolute atomic E-state index is 13.6. The summed E-state index contributed by atoms with van der Waals surface area (Å²) in [5.74, 6) is 0.277. The summed E-state index contributed by atoms with van der Waals surface area (Å²) in [4.78, 5) is 122. The van der Waals surface area contributed by atoms with Crippen molar-refractivity contribution in [1.82, 2.24) is 73.3 Å². The summed E-state index contributed by atoms with van der Waals surface area (Å²) in [6.45, 7) is 21.4. The van der Waals surface area contributed by atoms with Crippen molar-refractivity contribution in [3.05, 3.63) is 290 Å². The number of thiazole rings is 1. The molecule has 4 N–H and O–H groups in total. The van der Waals surface area contributed by atoms with E-state index in [4.69, 9.17) is 20.0 Å². The fourth-order valence-corrected chi connectivity index (χ4v) is 22.3. The molecule has 21 rings (SSSR count). The molecule has 2 saturated heterocycles. The number of hydrazone groups is 1. The first-order chi connectivity index (χ1) is 66.8. The zero-order chi connectivity index (χ0) is 96.4. The molecule has 15 heterocycles. The van der Waals surface area contributed by atoms with Gasteiger partial charge in [0, 0.05) is 96.8 Å². The number of aryl methyl sites for hydroxylation is 4. The Kier molecular flexibility index (Phi) is 31.4. The minimum atomic E-state index is -0.798. The lowest BCUT2D eigenvalue weighted by Gasteiger charge is -2.30. The number of nitrogens with one attached hydrogen (secondary N) is 4. The molecule has 6 aromatic carbocycles. The number of ether oxygens (including phenoxy) is 1. The van der Waals surface area contributed by atoms with Gasteiger partial charge in [0.2, 0.25) is 27.1 Å². The Balaban J connectivity index is 0.000000126. The molecule has 0 radical (unpaired) electrons. The maximum atomic E-state index is 13.6. The van der Waals surface area contributed by atoms with Gasteiger partial charge in [-0.05, 0) is 197 Å². The number of benzene rings is 6. The van der Waals surface area contributed by atoms with Crippen LogP contribution in [-0.2, 0) is 49.8 Å². The van der Waals surface area contributed by atoms with Gasteiger partial charge in [-0.2, -0.15) is 34.2 Å². The number of amides is 4. The molecule has 4 amide bonds. The summed E-state index contributed by atoms with van der Waals surface area (Å²) in [7, 11) is 3.33. The monoisotopic (exact) mass is 2010 g/mol. The van der Waals surface area contributed by atoms with Gasteiger partial charge in [-0.15, -0.1) is 43.1 Å². The van der Waals surface area contributed by atoms with Crippen LogP contribution >= 0.6 is 92.4 Å². The second-order valence-corrected chi connectivity index (χ2v) is 40.6. The lowest BCUT2D eigenvalue weighted by molar-refractivity contribution is -0.125. The number of likely N-dealkylation sites (tertiary alicyclic amines) is 2. The number of carbonyl (C=O) groups is 4. The number of oxime groups is 1. The molecule has 7 aliphatic heterocycles. The van der Waals surface area contributed by atoms with Crippen LogP contribution in [0, 0.1) is 37.9 Å². The summed E-state index contributed by atoms with van der Waals surface area (Å²) >= 11 is 11.5. The number of thiophene rings is 1. The number of hydrogen-bond donors (Lipinski definition) is 4. The van der Waals surface area contributed by atoms with E-state index in [-0.39, 0.29) is 70.5 Å². The highest BCUT2D eigenvalue weighted by Crippen LogP contribution is 2.37. The van der Waals surface area contributed by atoms with Crippen LogP contribution in [0.1, 0.15) is 104 Å². The van der Waals surface area contributed by atoms with Gasteiger partial charge in [0.15, 0.2) is 30.5 Å². The van der Waals surface area contributed by atoms with Crippen molar-refractivity contribution in [2.75, 3.05) is 61.5 Å². The van der Waals surface area contributed by atoms with Gasteiger partial charge in [-0.25, -0.2) is 19.0 Å². The zero-order valence-electron chi connectivity index (χ0n) is 75.9. The first-order valence-corrected chi connectivity index (χ1v) is 50.9. The van der Waals surface area contributed by atoms with Crippen molar-refractivity contribution in [3.8, 4) is 22.7 Å². The molecule has 7 aliphatic rings. The molecule has 0 saturated carbocycles. The number of aliphatic imine (C=N–C) groups is 2. The lowest BCUT2D eigenvalue weighted by Crippen LogP contribution is -2.36. The number of fused-ring (bicyclic) bond motifs is 5. The number of piperidine rings is 1. The number of thioether (sulfide) groups is 4. The van der Waals surface area contributed by atoms with Crippen LogP contribution in [0.25, 0.3) is 54.4 Å². The van der Waals surface area contributed by atoms with Gasteiger partial charge in [-0.3, -0.25) is 53.3 Å². The normalized spacial score (nSPS) is 15.9. The fourth-order valence-electron chi connectivity index (χ4n) is 15.2. The Morgan fingerprint density at radius 2 is 1.49 bits per heavy atom. The van der Waals surface area contributed by atoms with Gasteiger partial charge in [0.25, 0.3) is 28.8 Å². The predicted octanol–water partition coefficient (Wildman–Crippen LogP) is 16.0. The lowest BCUT2D eigenvalue weighted by atomic mass is 10.00. The minimum Gasteiger partial charge on any atom is -0.497 e. The maximum Gasteiger partial charge on any atom is 0.302 e. The molecule has 33 nitrogen and oxygen atoms in total. The molecule has 0 aliphatic carbocycles. The SMILES string of the molecule is C.C=C(Nc1ccc2nc(SCc3cc(=O)n4nc(CC)sc4n3)sc2c1)c1cccs1.CC1CCN(C2=NN3C(=N)/C(=C\C4=c5ccccc5=NC4)C(=O)N=C3S2)CC1.CCn1cc(C2=NOC(C(=O)Nc3c(C)n(C)n(-c4ccccc4)c3=O)C2)c(C)n1.COc1ccc(-c2nnc3sc(SCC(=O)Nc4ccccc4F)nn3c2=O)cc1.Cc1cccc(/C=C2/SC(N3CCCC3)=NC2=O)c1. The van der Waals surface area contributed by atoms with Gasteiger partial charge < -0.3 is 35.3 Å². The van der Waals surface area contributed by atoms with Gasteiger partial charge >= 0.3 is 5.56 Å². The highest BCUT2D eigenvalue weighted by atomic mass is 32.2. The molecule has 42 heteroatoms. The largest absolute Gasteiger partial charge is 0.497 e. The van der Waals surface area contributed by atoms with E-state index in [1.54, 1.807) is 109 Å². The molecule has 2 fully saturated rings. The van der Waals surface area contributed by atoms with Crippen LogP contribution in [0.2, 0.25) is 0 Å². The minimum absolute atomic E-state index is 0. The highest BCUT2D eigenvalue weighted by molar-refractivity contribution is 8.26. The standard InChI is InChI=1S/C21H24N6O3.C21H17N5OS4.C20H20N6OS.C19H14FN5O3S2.C15H16N2OS.CH4/c1-5-26-12-16(13(2)23-26)17-11-18(30-24-17)20(28)22-19-14(3)25(4)27(21(19)29)15-9-7-6-8-10-15;1-3-18-25-26-19(27)10-14(23-20(26)31-18)11-29-21-24-15-7-6-13(9-17(15)30-21)22-12(2)16-5-4-8-28-16;1-12-6-8-25(9-7-12)20-24-26-17(21)15(18(27)23-19(26)28-20)10-13-11-22-16-5-3-2-4-14(13)16;1-28-12-8-6-11(7-9-12)16-17(27)25-18(23-22-16)30-19(24-25)29-10-15(26)21-14-5-3-2-4-13(14)20;1-11-5-4-6-12(9-11)10-13-14(18)16-15(19-13)17-7-2-3-8-17;/h6-10,12,18H,5,11H2,1-4H3,(H,22,28);4-10,22H,2-3,11H2,1H3;2-5,10,12,21H,6-9,11H2,1H3;2-9H,10H2,1H3,(H,21,26);4-6,9-10H,2-3,7-8H2,1H3;1H4/b;;15-10+,21-17?;;13-10+;. The average molecular weight is 2020 g/mol. The van der Waals surface area contributed by atoms with Crippen molar-refractivity contribution < 1.29 is 33.1 Å². The molecule has 1 unspecified atom stereocenters. The van der Waals surface area contributed by atoms with Crippen LogP contribution in [0.5, 0.6) is 5.75 Å². The molecular formula is C97H95FN24O9S8. The van der Waals surface area contributed by atoms with Crippen LogP contribution in [0.3, 0.4) is 0 Å². The average Bonchev–Trinajstić information content (AvgIpc) is 1.64. The summed E-state index contributed by atoms with van der Waals surface area (Å²) < 4.78 is 28.9. The van der Waals surface area contributed by atoms with E-state index in [1.807, 2.05) is 134 Å². The first kappa shape index (κ1) is 98.3. The number of rotatable bonds is 20. The number of halogens is 1. The van der Waals surface area contributed by atoms with E-state index in [0.29, 0.717) is 60.9 Å². The molecular weight excluding hydrogens is 1920 g/mol. The third kappa shape index (κ3) is 23.0. The van der Waals surface area contributed by atoms with Crippen LogP contribution in [0.15, 0.2) is 247 Å². The number of methoxy groups -OCH3 is 1. The van der Waals surface area contributed by atoms with Crippen LogP contribution < -0.4 is 47.9 Å². The van der Waals surface area contributed by atoms with E-state index >= 15 is 0 Å². The van der Waals surface area contributed by atoms with Crippen molar-refractivity contribution >= 4 is 198 Å². The number of aromatic nitrogens is 12. The summed E-state index contributed by atoms with van der Waals surface area (Å²) in [5.41, 5.74) is 11.0. The summed E-state index contributed by atoms with van der Waals surface area (Å²) in [5, 5.41) is 55.4. The molecule has 712 valence electrons. The molecule has 0 spiro atoms. The number of anilines is 3. The Hall–Kier alpha value is -13.8. The van der Waals surface area contributed by atoms with Crippen molar-refractivity contribution in [2.45, 2.75) is 115 Å². The van der Waals surface area contributed by atoms with Gasteiger partial charge in [-0.1, -0.05) is 164 Å². The quantitative estimate of drug-likeness (QED) is 0.0407. The number of hydrogen-bond acceptors (Lipinski definition) is 31. The molecule has 1 atom stereocenters. The molecule has 139 heavy (non-hydrogen) atoms. The highest BCUT2D eigenvalue weighted by Gasteiger charge is 2.39. The topological polar surface area (TPSA) is 383 Å². The number of para-hydroxylation sites is 3. The fraction of sp³-hybridized carbons (Fsp3) is 0.258. The smallest absolute Gasteiger partial charge is 0.302 e. The Labute approximate surface area is 829 Å². The van der Waals surface area contributed by atoms with Crippen LogP contribution in [0.4, 0.5) is 21.5 Å². The van der Waals surface area contributed by atoms with Crippen molar-refractivity contribution in [2.24, 2.45) is 38.2 Å². The third-order valence-electron chi connectivity index (χ3n) is 22.6. The Morgan fingerprint density at radius 1 is 0.727 bits per heavy atom. The second-order valence-electron chi connectivity index (χ2n) is 32.2. The van der Waals surface area contributed by atoms with E-state index in [0.717, 1.165) is 181 Å². The first-order valence-electron chi connectivity index (χ1n) is 44.0.